The number of nitrogens with zero attached hydrogens (tertiary/aromatic N) is 2. The van der Waals surface area contributed by atoms with Crippen LogP contribution in [0.2, 0.25) is 0 Å². The zero-order valence-electron chi connectivity index (χ0n) is 17.7. The number of amides is 1. The maximum Gasteiger partial charge on any atom is 0.262 e. The molecule has 1 amide bonds. The SMILES string of the molecule is CC1(C)CC(=O)C2=C(C1)NC(Nc1nc3ccccc3s1)=NC21C(=O)Nc2ccccc21. The number of ketones is 1. The van der Waals surface area contributed by atoms with Gasteiger partial charge in [-0.05, 0) is 30.0 Å². The largest absolute Gasteiger partial charge is 0.329 e. The first-order valence-corrected chi connectivity index (χ1v) is 11.3. The molecule has 0 radical (unpaired) electrons. The Kier molecular flexibility index (Phi) is 3.89. The van der Waals surface area contributed by atoms with Gasteiger partial charge in [-0.1, -0.05) is 55.5 Å². The summed E-state index contributed by atoms with van der Waals surface area (Å²) in [4.78, 5) is 36.3. The van der Waals surface area contributed by atoms with Crippen LogP contribution < -0.4 is 16.0 Å². The highest BCUT2D eigenvalue weighted by atomic mass is 32.1. The number of Topliss-reactive ketones (excluding diaryl/α,β-unsaturated/α-hetero) is 1. The van der Waals surface area contributed by atoms with Crippen molar-refractivity contribution in [2.24, 2.45) is 10.4 Å². The molecule has 8 heteroatoms. The maximum atomic E-state index is 13.4. The summed E-state index contributed by atoms with van der Waals surface area (Å²) in [5.41, 5.74) is 1.87. The standard InChI is InChI=1S/C24H21N5O2S/c1-23(2)11-16-19(17(30)12-23)24(13-7-3-4-8-14(13)25-20(24)31)29-21(26-16)28-22-27-15-9-5-6-10-18(15)32-22/h3-10H,11-12H2,1-2H3,(H,25,31)(H2,26,27,28,29). The molecule has 3 heterocycles. The van der Waals surface area contributed by atoms with E-state index in [0.717, 1.165) is 15.9 Å². The number of fused-ring (bicyclic) bond motifs is 4. The highest BCUT2D eigenvalue weighted by molar-refractivity contribution is 7.22. The average molecular weight is 444 g/mol. The zero-order valence-corrected chi connectivity index (χ0v) is 18.5. The van der Waals surface area contributed by atoms with Crippen LogP contribution >= 0.6 is 11.3 Å². The van der Waals surface area contributed by atoms with Crippen LogP contribution in [0.1, 0.15) is 32.3 Å². The lowest BCUT2D eigenvalue weighted by Crippen LogP contribution is -2.51. The first-order chi connectivity index (χ1) is 15.4. The third-order valence-electron chi connectivity index (χ3n) is 6.20. The Labute approximate surface area is 188 Å². The van der Waals surface area contributed by atoms with Crippen molar-refractivity contribution in [1.82, 2.24) is 10.3 Å². The van der Waals surface area contributed by atoms with E-state index in [4.69, 9.17) is 4.99 Å². The molecule has 160 valence electrons. The van der Waals surface area contributed by atoms with Crippen LogP contribution in [0.5, 0.6) is 0 Å². The summed E-state index contributed by atoms with van der Waals surface area (Å²) in [5.74, 6) is 0.0721. The third kappa shape index (κ3) is 2.72. The molecule has 6 rings (SSSR count). The molecule has 3 N–H and O–H groups in total. The van der Waals surface area contributed by atoms with Crippen LogP contribution in [0, 0.1) is 5.41 Å². The van der Waals surface area contributed by atoms with Gasteiger partial charge in [0, 0.05) is 23.4 Å². The van der Waals surface area contributed by atoms with Crippen LogP contribution in [0.4, 0.5) is 10.8 Å². The molecule has 0 bridgehead atoms. The molecule has 1 spiro atoms. The minimum atomic E-state index is -1.40. The molecule has 3 aromatic rings. The summed E-state index contributed by atoms with van der Waals surface area (Å²) in [6, 6.07) is 15.3. The Bertz CT molecular complexity index is 1350. The number of thiazole rings is 1. The molecular weight excluding hydrogens is 422 g/mol. The highest BCUT2D eigenvalue weighted by Gasteiger charge is 2.57. The van der Waals surface area contributed by atoms with E-state index in [2.05, 4.69) is 34.8 Å². The maximum absolute atomic E-state index is 13.4. The summed E-state index contributed by atoms with van der Waals surface area (Å²) in [6.07, 6.45) is 1.02. The predicted molar refractivity (Wildman–Crippen MR) is 126 cm³/mol. The fourth-order valence-electron chi connectivity index (χ4n) is 4.93. The van der Waals surface area contributed by atoms with E-state index in [1.807, 2.05) is 48.5 Å². The van der Waals surface area contributed by atoms with Gasteiger partial charge in [0.2, 0.25) is 5.96 Å². The number of hydrogen-bond acceptors (Lipinski definition) is 7. The smallest absolute Gasteiger partial charge is 0.262 e. The number of carbonyl (C=O) groups is 2. The van der Waals surface area contributed by atoms with Crippen molar-refractivity contribution in [3.8, 4) is 0 Å². The predicted octanol–water partition coefficient (Wildman–Crippen LogP) is 4.16. The van der Waals surface area contributed by atoms with Gasteiger partial charge < -0.3 is 16.0 Å². The van der Waals surface area contributed by atoms with Crippen molar-refractivity contribution in [3.05, 3.63) is 65.4 Å². The highest BCUT2D eigenvalue weighted by Crippen LogP contribution is 2.51. The van der Waals surface area contributed by atoms with Gasteiger partial charge in [0.25, 0.3) is 5.91 Å². The summed E-state index contributed by atoms with van der Waals surface area (Å²) in [6.45, 7) is 4.14. The number of hydrogen-bond donors (Lipinski definition) is 3. The number of anilines is 2. The molecule has 0 saturated heterocycles. The van der Waals surface area contributed by atoms with Crippen LogP contribution in [-0.2, 0) is 15.1 Å². The van der Waals surface area contributed by atoms with E-state index in [1.165, 1.54) is 11.3 Å². The Morgan fingerprint density at radius 1 is 1.00 bits per heavy atom. The summed E-state index contributed by atoms with van der Waals surface area (Å²) < 4.78 is 1.05. The summed E-state index contributed by atoms with van der Waals surface area (Å²) >= 11 is 1.51. The number of aromatic nitrogens is 1. The summed E-state index contributed by atoms with van der Waals surface area (Å²) in [5, 5.41) is 10.2. The quantitative estimate of drug-likeness (QED) is 0.525. The van der Waals surface area contributed by atoms with Gasteiger partial charge in [0.05, 0.1) is 15.8 Å². The van der Waals surface area contributed by atoms with Gasteiger partial charge in [-0.3, -0.25) is 9.59 Å². The molecule has 1 aliphatic carbocycles. The third-order valence-corrected chi connectivity index (χ3v) is 7.15. The van der Waals surface area contributed by atoms with Crippen molar-refractivity contribution < 1.29 is 9.59 Å². The van der Waals surface area contributed by atoms with E-state index in [-0.39, 0.29) is 17.1 Å². The first kappa shape index (κ1) is 19.2. The normalized spacial score (nSPS) is 23.5. The van der Waals surface area contributed by atoms with Gasteiger partial charge in [-0.25, -0.2) is 9.98 Å². The molecule has 0 saturated carbocycles. The fourth-order valence-corrected chi connectivity index (χ4v) is 5.80. The van der Waals surface area contributed by atoms with Gasteiger partial charge in [-0.15, -0.1) is 0 Å². The number of allylic oxidation sites excluding steroid dienone is 1. The van der Waals surface area contributed by atoms with E-state index in [9.17, 15) is 9.59 Å². The average Bonchev–Trinajstić information content (AvgIpc) is 3.25. The molecule has 0 fully saturated rings. The van der Waals surface area contributed by atoms with Crippen molar-refractivity contribution >= 4 is 50.0 Å². The number of aliphatic imine (C=N–C) groups is 1. The second-order valence-electron chi connectivity index (χ2n) is 9.20. The van der Waals surface area contributed by atoms with E-state index >= 15 is 0 Å². The molecule has 2 aromatic carbocycles. The van der Waals surface area contributed by atoms with E-state index < -0.39 is 5.54 Å². The van der Waals surface area contributed by atoms with Crippen LogP contribution in [0.15, 0.2) is 64.8 Å². The van der Waals surface area contributed by atoms with Crippen molar-refractivity contribution in [2.75, 3.05) is 10.6 Å². The second kappa shape index (κ2) is 6.49. The number of guanidine groups is 1. The number of para-hydroxylation sites is 2. The van der Waals surface area contributed by atoms with Crippen LogP contribution in [0.25, 0.3) is 10.2 Å². The van der Waals surface area contributed by atoms with Gasteiger partial charge >= 0.3 is 0 Å². The number of benzene rings is 2. The van der Waals surface area contributed by atoms with Gasteiger partial charge in [0.15, 0.2) is 16.5 Å². The minimum Gasteiger partial charge on any atom is -0.329 e. The first-order valence-electron chi connectivity index (χ1n) is 10.5. The van der Waals surface area contributed by atoms with Crippen molar-refractivity contribution in [3.63, 3.8) is 0 Å². The fraction of sp³-hybridized carbons (Fsp3) is 0.250. The Morgan fingerprint density at radius 2 is 1.78 bits per heavy atom. The molecule has 3 aliphatic rings. The lowest BCUT2D eigenvalue weighted by Gasteiger charge is -2.40. The number of rotatable bonds is 1. The van der Waals surface area contributed by atoms with Crippen LogP contribution in [-0.4, -0.2) is 22.6 Å². The lowest BCUT2D eigenvalue weighted by atomic mass is 9.69. The topological polar surface area (TPSA) is 95.5 Å². The Hall–Kier alpha value is -3.52. The van der Waals surface area contributed by atoms with E-state index in [1.54, 1.807) is 0 Å². The van der Waals surface area contributed by atoms with Crippen molar-refractivity contribution in [1.29, 1.82) is 0 Å². The summed E-state index contributed by atoms with van der Waals surface area (Å²) in [7, 11) is 0. The molecule has 1 atom stereocenters. The second-order valence-corrected chi connectivity index (χ2v) is 10.2. The monoisotopic (exact) mass is 443 g/mol. The zero-order chi connectivity index (χ0) is 22.1. The van der Waals surface area contributed by atoms with Gasteiger partial charge in [0.1, 0.15) is 0 Å². The van der Waals surface area contributed by atoms with E-state index in [0.29, 0.717) is 40.8 Å². The van der Waals surface area contributed by atoms with Crippen molar-refractivity contribution in [2.45, 2.75) is 32.2 Å². The number of carbonyl (C=O) groups excluding carboxylic acids is 2. The molecule has 7 nitrogen and oxygen atoms in total. The molecular formula is C24H21N5O2S. The minimum absolute atomic E-state index is 0.0432. The molecule has 1 unspecified atom stereocenters. The van der Waals surface area contributed by atoms with Gasteiger partial charge in [-0.2, -0.15) is 0 Å². The molecule has 32 heavy (non-hydrogen) atoms. The van der Waals surface area contributed by atoms with Crippen LogP contribution in [0.3, 0.4) is 0 Å². The Morgan fingerprint density at radius 3 is 2.62 bits per heavy atom. The molecule has 2 aliphatic heterocycles. The molecule has 1 aromatic heterocycles. The Balaban J connectivity index is 1.52. The number of nitrogens with one attached hydrogen (secondary N) is 3. The lowest BCUT2D eigenvalue weighted by molar-refractivity contribution is -0.124.